The summed E-state index contributed by atoms with van der Waals surface area (Å²) < 4.78 is 5.91. The monoisotopic (exact) mass is 415 g/mol. The molecule has 1 fully saturated rings. The van der Waals surface area contributed by atoms with Gasteiger partial charge in [-0.15, -0.1) is 0 Å². The first-order chi connectivity index (χ1) is 14.0. The number of rotatable bonds is 4. The molecule has 1 atom stereocenters. The molecule has 0 bridgehead atoms. The van der Waals surface area contributed by atoms with Crippen LogP contribution in [0.4, 0.5) is 11.6 Å². The van der Waals surface area contributed by atoms with Gasteiger partial charge in [-0.25, -0.2) is 4.98 Å². The highest BCUT2D eigenvalue weighted by Crippen LogP contribution is 2.38. The number of nitrogens with one attached hydrogen (secondary N) is 1. The largest absolute Gasteiger partial charge is 0.501 e. The summed E-state index contributed by atoms with van der Waals surface area (Å²) in [7, 11) is 1.51. The predicted molar refractivity (Wildman–Crippen MR) is 106 cm³/mol. The number of benzene rings is 1. The molecule has 1 saturated heterocycles. The van der Waals surface area contributed by atoms with Crippen LogP contribution in [-0.2, 0) is 7.05 Å². The van der Waals surface area contributed by atoms with E-state index in [0.29, 0.717) is 11.6 Å². The molecule has 4 rings (SSSR count). The number of amides is 1. The van der Waals surface area contributed by atoms with Crippen LogP contribution in [0.5, 0.6) is 5.75 Å². The second-order valence-corrected chi connectivity index (χ2v) is 7.12. The topological polar surface area (TPSA) is 113 Å². The van der Waals surface area contributed by atoms with Crippen LogP contribution in [-0.4, -0.2) is 32.3 Å². The molecule has 29 heavy (non-hydrogen) atoms. The molecule has 1 aromatic carbocycles. The number of hydrogen-bond donors (Lipinski definition) is 2. The average Bonchev–Trinajstić information content (AvgIpc) is 3.39. The lowest BCUT2D eigenvalue weighted by Crippen LogP contribution is -2.33. The fraction of sp³-hybridized carbons (Fsp3) is 0.263. The summed E-state index contributed by atoms with van der Waals surface area (Å²) in [6.07, 6.45) is 4.22. The molecule has 2 N–H and O–H groups in total. The Morgan fingerprint density at radius 1 is 1.38 bits per heavy atom. The molecule has 1 aliphatic rings. The molecule has 3 aromatic rings. The van der Waals surface area contributed by atoms with Crippen molar-refractivity contribution in [3.05, 3.63) is 63.4 Å². The third-order valence-electron chi connectivity index (χ3n) is 4.92. The first-order valence-electron chi connectivity index (χ1n) is 8.99. The minimum atomic E-state index is -0.738. The fourth-order valence-corrected chi connectivity index (χ4v) is 3.79. The van der Waals surface area contributed by atoms with Gasteiger partial charge in [-0.1, -0.05) is 35.0 Å². The maximum Gasteiger partial charge on any atom is 0.297 e. The van der Waals surface area contributed by atoms with Crippen molar-refractivity contribution in [2.75, 3.05) is 16.8 Å². The third kappa shape index (κ3) is 3.44. The van der Waals surface area contributed by atoms with Crippen LogP contribution in [0.15, 0.2) is 46.0 Å². The lowest BCUT2D eigenvalue weighted by atomic mass is 10.0. The summed E-state index contributed by atoms with van der Waals surface area (Å²) in [5, 5.41) is 16.8. The minimum Gasteiger partial charge on any atom is -0.501 e. The summed E-state index contributed by atoms with van der Waals surface area (Å²) in [5.74, 6) is -1.18. The second kappa shape index (κ2) is 7.59. The second-order valence-electron chi connectivity index (χ2n) is 6.71. The summed E-state index contributed by atoms with van der Waals surface area (Å²) in [4.78, 5) is 31.4. The summed E-state index contributed by atoms with van der Waals surface area (Å²) in [6.45, 7) is 0.633. The van der Waals surface area contributed by atoms with Crippen molar-refractivity contribution >= 4 is 29.1 Å². The zero-order chi connectivity index (χ0) is 20.5. The van der Waals surface area contributed by atoms with Crippen molar-refractivity contribution in [1.29, 1.82) is 0 Å². The molecule has 0 aliphatic carbocycles. The summed E-state index contributed by atoms with van der Waals surface area (Å²) >= 11 is 6.38. The van der Waals surface area contributed by atoms with E-state index in [1.54, 1.807) is 0 Å². The van der Waals surface area contributed by atoms with E-state index in [0.717, 1.165) is 18.4 Å². The van der Waals surface area contributed by atoms with E-state index in [4.69, 9.17) is 11.6 Å². The Hall–Kier alpha value is -3.33. The Bertz CT molecular complexity index is 1110. The van der Waals surface area contributed by atoms with Gasteiger partial charge in [0.1, 0.15) is 12.0 Å². The predicted octanol–water partition coefficient (Wildman–Crippen LogP) is 2.72. The van der Waals surface area contributed by atoms with E-state index >= 15 is 0 Å². The molecule has 9 nitrogen and oxygen atoms in total. The van der Waals surface area contributed by atoms with E-state index in [2.05, 4.69) is 20.0 Å². The highest BCUT2D eigenvalue weighted by Gasteiger charge is 2.32. The lowest BCUT2D eigenvalue weighted by molar-refractivity contribution is 0.101. The quantitative estimate of drug-likeness (QED) is 0.673. The number of anilines is 2. The Labute approximate surface area is 170 Å². The average molecular weight is 416 g/mol. The highest BCUT2D eigenvalue weighted by atomic mass is 35.5. The minimum absolute atomic E-state index is 0.0969. The molecule has 0 spiro atoms. The Balaban J connectivity index is 1.75. The third-order valence-corrected chi connectivity index (χ3v) is 5.27. The SMILES string of the molecule is Cn1c(N2CCC[C@@H]2c2ccccc2Cl)nc(C(=O)Nc2cnoc2)c(O)c1=O. The van der Waals surface area contributed by atoms with Crippen LogP contribution < -0.4 is 15.8 Å². The van der Waals surface area contributed by atoms with Gasteiger partial charge in [-0.3, -0.25) is 14.2 Å². The van der Waals surface area contributed by atoms with Gasteiger partial charge in [0.05, 0.1) is 12.2 Å². The van der Waals surface area contributed by atoms with E-state index in [1.165, 1.54) is 24.1 Å². The number of aromatic hydroxyl groups is 1. The first kappa shape index (κ1) is 19.0. The fourth-order valence-electron chi connectivity index (χ4n) is 3.53. The van der Waals surface area contributed by atoms with E-state index in [9.17, 15) is 14.7 Å². The molecule has 2 aromatic heterocycles. The molecule has 10 heteroatoms. The normalized spacial score (nSPS) is 16.2. The van der Waals surface area contributed by atoms with Crippen molar-refractivity contribution < 1.29 is 14.4 Å². The van der Waals surface area contributed by atoms with E-state index in [-0.39, 0.29) is 23.4 Å². The zero-order valence-electron chi connectivity index (χ0n) is 15.5. The standard InChI is InChI=1S/C19H18ClN5O4/c1-24-18(28)16(26)15(17(27)22-11-9-21-29-10-11)23-19(24)25-8-4-7-14(25)12-5-2-3-6-13(12)20/h2-3,5-6,9-10,14,26H,4,7-8H2,1H3,(H,22,27)/t14-/m1/s1. The maximum absolute atomic E-state index is 12.6. The molecule has 3 heterocycles. The first-order valence-corrected chi connectivity index (χ1v) is 9.37. The van der Waals surface area contributed by atoms with Gasteiger partial charge in [0.15, 0.2) is 5.69 Å². The highest BCUT2D eigenvalue weighted by molar-refractivity contribution is 6.31. The molecular weight excluding hydrogens is 398 g/mol. The number of aromatic nitrogens is 3. The van der Waals surface area contributed by atoms with Crippen molar-refractivity contribution in [3.8, 4) is 5.75 Å². The van der Waals surface area contributed by atoms with Crippen LogP contribution in [0.1, 0.15) is 34.9 Å². The van der Waals surface area contributed by atoms with Crippen molar-refractivity contribution in [1.82, 2.24) is 14.7 Å². The van der Waals surface area contributed by atoms with Crippen LogP contribution >= 0.6 is 11.6 Å². The van der Waals surface area contributed by atoms with Gasteiger partial charge < -0.3 is 19.8 Å². The van der Waals surface area contributed by atoms with Crippen LogP contribution in [0.3, 0.4) is 0 Å². The summed E-state index contributed by atoms with van der Waals surface area (Å²) in [6, 6.07) is 7.41. The molecule has 1 amide bonds. The van der Waals surface area contributed by atoms with Crippen molar-refractivity contribution in [2.45, 2.75) is 18.9 Å². The van der Waals surface area contributed by atoms with Gasteiger partial charge >= 0.3 is 0 Å². The molecule has 0 radical (unpaired) electrons. The van der Waals surface area contributed by atoms with E-state index in [1.807, 2.05) is 29.2 Å². The number of nitrogens with zero attached hydrogens (tertiary/aromatic N) is 4. The van der Waals surface area contributed by atoms with Crippen molar-refractivity contribution in [2.24, 2.45) is 7.05 Å². The van der Waals surface area contributed by atoms with Crippen LogP contribution in [0.2, 0.25) is 5.02 Å². The molecule has 0 unspecified atom stereocenters. The van der Waals surface area contributed by atoms with Crippen LogP contribution in [0, 0.1) is 0 Å². The summed E-state index contributed by atoms with van der Waals surface area (Å²) in [5.41, 5.74) is 0.127. The van der Waals surface area contributed by atoms with E-state index < -0.39 is 17.2 Å². The number of carbonyl (C=O) groups excluding carboxylic acids is 1. The Morgan fingerprint density at radius 2 is 2.17 bits per heavy atom. The molecule has 1 aliphatic heterocycles. The number of carbonyl (C=O) groups is 1. The molecule has 0 saturated carbocycles. The van der Waals surface area contributed by atoms with Gasteiger partial charge in [0.2, 0.25) is 11.7 Å². The van der Waals surface area contributed by atoms with Gasteiger partial charge in [0, 0.05) is 18.6 Å². The lowest BCUT2D eigenvalue weighted by Gasteiger charge is -2.28. The number of hydrogen-bond acceptors (Lipinski definition) is 7. The number of halogens is 1. The van der Waals surface area contributed by atoms with Gasteiger partial charge in [-0.05, 0) is 24.5 Å². The van der Waals surface area contributed by atoms with Crippen LogP contribution in [0.25, 0.3) is 0 Å². The molecule has 150 valence electrons. The zero-order valence-corrected chi connectivity index (χ0v) is 16.3. The Morgan fingerprint density at radius 3 is 2.90 bits per heavy atom. The maximum atomic E-state index is 12.6. The van der Waals surface area contributed by atoms with Crippen molar-refractivity contribution in [3.63, 3.8) is 0 Å². The molecular formula is C19H18ClN5O4. The van der Waals surface area contributed by atoms with Gasteiger partial charge in [0.25, 0.3) is 11.5 Å². The Kier molecular flexibility index (Phi) is 4.98. The van der Waals surface area contributed by atoms with Gasteiger partial charge in [-0.2, -0.15) is 0 Å². The smallest absolute Gasteiger partial charge is 0.297 e.